The first-order valence-electron chi connectivity index (χ1n) is 4.15. The molecule has 0 bridgehead atoms. The monoisotopic (exact) mass is 202 g/mol. The summed E-state index contributed by atoms with van der Waals surface area (Å²) in [5, 5.41) is 10.1. The molecule has 0 aliphatic rings. The van der Waals surface area contributed by atoms with E-state index in [2.05, 4.69) is 15.2 Å². The molecule has 14 heavy (non-hydrogen) atoms. The molecule has 3 aromatic heterocycles. The van der Waals surface area contributed by atoms with Crippen LogP contribution in [0.3, 0.4) is 0 Å². The summed E-state index contributed by atoms with van der Waals surface area (Å²) in [4.78, 5) is 5.21. The van der Waals surface area contributed by atoms with Crippen molar-refractivity contribution >= 4 is 17.1 Å². The number of hydrogen-bond donors (Lipinski definition) is 0. The van der Waals surface area contributed by atoms with Gasteiger partial charge in [-0.25, -0.2) is 4.98 Å². The van der Waals surface area contributed by atoms with Gasteiger partial charge >= 0.3 is 0 Å². The molecule has 0 aromatic carbocycles. The Morgan fingerprint density at radius 2 is 2.21 bits per heavy atom. The second-order valence-corrected chi connectivity index (χ2v) is 3.74. The van der Waals surface area contributed by atoms with Crippen LogP contribution in [-0.4, -0.2) is 19.6 Å². The van der Waals surface area contributed by atoms with Crippen molar-refractivity contribution < 1.29 is 0 Å². The molecule has 0 fully saturated rings. The quantitative estimate of drug-likeness (QED) is 0.604. The van der Waals surface area contributed by atoms with E-state index in [0.717, 1.165) is 10.7 Å². The first kappa shape index (κ1) is 7.64. The average Bonchev–Trinajstić information content (AvgIpc) is 2.85. The zero-order valence-electron chi connectivity index (χ0n) is 7.16. The maximum Gasteiger partial charge on any atom is 0.255 e. The predicted molar refractivity (Wildman–Crippen MR) is 54.1 cm³/mol. The molecule has 0 spiro atoms. The maximum atomic E-state index is 4.11. The maximum absolute atomic E-state index is 4.11. The predicted octanol–water partition coefficient (Wildman–Crippen LogP) is 1.85. The number of thiophene rings is 1. The van der Waals surface area contributed by atoms with Gasteiger partial charge in [0, 0.05) is 12.4 Å². The second kappa shape index (κ2) is 2.88. The minimum absolute atomic E-state index is 0.635. The van der Waals surface area contributed by atoms with Gasteiger partial charge in [-0.1, -0.05) is 6.07 Å². The lowest BCUT2D eigenvalue weighted by Crippen LogP contribution is -1.87. The van der Waals surface area contributed by atoms with Gasteiger partial charge in [-0.05, 0) is 17.5 Å². The van der Waals surface area contributed by atoms with Crippen LogP contribution in [0.15, 0.2) is 36.0 Å². The number of rotatable bonds is 1. The van der Waals surface area contributed by atoms with Crippen LogP contribution >= 0.6 is 11.3 Å². The van der Waals surface area contributed by atoms with Crippen molar-refractivity contribution in [2.24, 2.45) is 0 Å². The first-order chi connectivity index (χ1) is 6.95. The molecule has 3 rings (SSSR count). The van der Waals surface area contributed by atoms with Crippen LogP contribution in [0, 0.1) is 0 Å². The van der Waals surface area contributed by atoms with Gasteiger partial charge in [0.15, 0.2) is 5.82 Å². The third-order valence-corrected chi connectivity index (χ3v) is 2.80. The minimum atomic E-state index is 0.635. The molecular formula is C9H6N4S. The highest BCUT2D eigenvalue weighted by Gasteiger charge is 2.07. The third kappa shape index (κ3) is 1.03. The molecule has 0 saturated carbocycles. The lowest BCUT2D eigenvalue weighted by atomic mass is 10.4. The topological polar surface area (TPSA) is 43.1 Å². The van der Waals surface area contributed by atoms with E-state index in [0.29, 0.717) is 5.78 Å². The molecule has 0 saturated heterocycles. The molecule has 0 N–H and O–H groups in total. The Morgan fingerprint density at radius 1 is 1.21 bits per heavy atom. The van der Waals surface area contributed by atoms with Crippen molar-refractivity contribution in [2.45, 2.75) is 0 Å². The van der Waals surface area contributed by atoms with Crippen LogP contribution in [0.4, 0.5) is 0 Å². The van der Waals surface area contributed by atoms with E-state index in [1.165, 1.54) is 0 Å². The highest BCUT2D eigenvalue weighted by Crippen LogP contribution is 2.22. The number of hydrogen-bond acceptors (Lipinski definition) is 4. The van der Waals surface area contributed by atoms with E-state index < -0.39 is 0 Å². The van der Waals surface area contributed by atoms with E-state index in [4.69, 9.17) is 0 Å². The molecule has 68 valence electrons. The normalized spacial score (nSPS) is 10.9. The van der Waals surface area contributed by atoms with Crippen molar-refractivity contribution in [3.63, 3.8) is 0 Å². The zero-order chi connectivity index (χ0) is 9.38. The smallest absolute Gasteiger partial charge is 0.255 e. The molecule has 0 aliphatic heterocycles. The third-order valence-electron chi connectivity index (χ3n) is 1.93. The molecule has 0 unspecified atom stereocenters. The summed E-state index contributed by atoms with van der Waals surface area (Å²) in [6.45, 7) is 0. The van der Waals surface area contributed by atoms with Crippen LogP contribution < -0.4 is 0 Å². The fraction of sp³-hybridized carbons (Fsp3) is 0. The molecule has 0 atom stereocenters. The largest absolute Gasteiger partial charge is 0.266 e. The van der Waals surface area contributed by atoms with Crippen molar-refractivity contribution in [3.8, 4) is 10.7 Å². The molecule has 0 radical (unpaired) electrons. The van der Waals surface area contributed by atoms with Gasteiger partial charge in [-0.2, -0.15) is 0 Å². The van der Waals surface area contributed by atoms with Gasteiger partial charge in [0.1, 0.15) is 0 Å². The fourth-order valence-corrected chi connectivity index (χ4v) is 2.02. The summed E-state index contributed by atoms with van der Waals surface area (Å²) in [6.07, 6.45) is 3.62. The number of nitrogens with zero attached hydrogens (tertiary/aromatic N) is 4. The van der Waals surface area contributed by atoms with Crippen LogP contribution in [0.1, 0.15) is 0 Å². The van der Waals surface area contributed by atoms with Gasteiger partial charge in [-0.15, -0.1) is 21.5 Å². The summed E-state index contributed by atoms with van der Waals surface area (Å²) in [6, 6.07) is 5.89. The summed E-state index contributed by atoms with van der Waals surface area (Å²) < 4.78 is 1.88. The zero-order valence-corrected chi connectivity index (χ0v) is 7.98. The molecular weight excluding hydrogens is 196 g/mol. The van der Waals surface area contributed by atoms with Gasteiger partial charge < -0.3 is 0 Å². The van der Waals surface area contributed by atoms with Crippen molar-refractivity contribution in [1.29, 1.82) is 0 Å². The minimum Gasteiger partial charge on any atom is -0.266 e. The SMILES string of the molecule is c1csc(-c2nnc3ncccn23)c1. The Hall–Kier alpha value is -1.75. The van der Waals surface area contributed by atoms with Gasteiger partial charge in [0.2, 0.25) is 0 Å². The molecule has 5 heteroatoms. The van der Waals surface area contributed by atoms with E-state index >= 15 is 0 Å². The van der Waals surface area contributed by atoms with E-state index in [1.807, 2.05) is 34.2 Å². The summed E-state index contributed by atoms with van der Waals surface area (Å²) in [7, 11) is 0. The standard InChI is InChI=1S/C9H6N4S/c1-3-7(14-6-1)8-11-12-9-10-4-2-5-13(8)9/h1-6H. The summed E-state index contributed by atoms with van der Waals surface area (Å²) in [5.41, 5.74) is 0. The lowest BCUT2D eigenvalue weighted by molar-refractivity contribution is 1.10. The Morgan fingerprint density at radius 3 is 3.07 bits per heavy atom. The number of aromatic nitrogens is 4. The fourth-order valence-electron chi connectivity index (χ4n) is 1.32. The second-order valence-electron chi connectivity index (χ2n) is 2.79. The van der Waals surface area contributed by atoms with E-state index in [9.17, 15) is 0 Å². The highest BCUT2D eigenvalue weighted by molar-refractivity contribution is 7.13. The first-order valence-corrected chi connectivity index (χ1v) is 5.03. The Kier molecular flexibility index (Phi) is 1.57. The summed E-state index contributed by atoms with van der Waals surface area (Å²) >= 11 is 1.64. The van der Waals surface area contributed by atoms with Crippen LogP contribution in [0.25, 0.3) is 16.5 Å². The van der Waals surface area contributed by atoms with Gasteiger partial charge in [0.25, 0.3) is 5.78 Å². The highest BCUT2D eigenvalue weighted by atomic mass is 32.1. The Labute approximate surface area is 83.9 Å². The van der Waals surface area contributed by atoms with Crippen molar-refractivity contribution in [2.75, 3.05) is 0 Å². The molecule has 4 nitrogen and oxygen atoms in total. The van der Waals surface area contributed by atoms with Crippen molar-refractivity contribution in [1.82, 2.24) is 19.6 Å². The van der Waals surface area contributed by atoms with Gasteiger partial charge in [0.05, 0.1) is 4.88 Å². The van der Waals surface area contributed by atoms with Crippen LogP contribution in [0.2, 0.25) is 0 Å². The molecule has 3 aromatic rings. The lowest BCUT2D eigenvalue weighted by Gasteiger charge is -1.93. The van der Waals surface area contributed by atoms with Crippen molar-refractivity contribution in [3.05, 3.63) is 36.0 Å². The van der Waals surface area contributed by atoms with Gasteiger partial charge in [-0.3, -0.25) is 4.40 Å². The van der Waals surface area contributed by atoms with E-state index in [1.54, 1.807) is 17.5 Å². The van der Waals surface area contributed by atoms with E-state index in [-0.39, 0.29) is 0 Å². The average molecular weight is 202 g/mol. The molecule has 0 aliphatic carbocycles. The number of fused-ring (bicyclic) bond motifs is 1. The molecule has 3 heterocycles. The Balaban J connectivity index is 2.33. The summed E-state index contributed by atoms with van der Waals surface area (Å²) in [5.74, 6) is 1.49. The van der Waals surface area contributed by atoms with Crippen LogP contribution in [-0.2, 0) is 0 Å². The molecule has 0 amide bonds. The van der Waals surface area contributed by atoms with Crippen LogP contribution in [0.5, 0.6) is 0 Å². The Bertz CT molecular complexity index is 555.